The summed E-state index contributed by atoms with van der Waals surface area (Å²) in [6.07, 6.45) is 6.33. The molecule has 11 rings (SSSR count). The van der Waals surface area contributed by atoms with Gasteiger partial charge in [0, 0.05) is 25.2 Å². The first-order valence-electron chi connectivity index (χ1n) is 27.1. The van der Waals surface area contributed by atoms with Crippen LogP contribution in [0.2, 0.25) is 0 Å². The van der Waals surface area contributed by atoms with Gasteiger partial charge >= 0.3 is 12.2 Å². The van der Waals surface area contributed by atoms with Crippen LogP contribution in [0.25, 0.3) is 44.5 Å². The summed E-state index contributed by atoms with van der Waals surface area (Å²) < 4.78 is 11.0. The van der Waals surface area contributed by atoms with E-state index in [4.69, 9.17) is 19.4 Å². The van der Waals surface area contributed by atoms with Crippen LogP contribution in [-0.2, 0) is 9.59 Å². The number of H-pyrrole nitrogens is 2. The fraction of sp³-hybridized carbons (Fsp3) is 0.377. The number of piperidine rings is 1. The van der Waals surface area contributed by atoms with Gasteiger partial charge in [0.2, 0.25) is 11.8 Å². The number of benzene rings is 5. The largest absolute Gasteiger partial charge is 0.413 e. The SMILES string of the molecule is CC(C)CC(NC(=O)Oc1ccccc1)C(=O)N1CCC[C@H]1c1nc2ccc(-c3ccc(-c4ccc(-c5cnc([C@@H]6CCCN6C(=O)[C@@H](NC(=O)Oc6ccccc6)C(C)C)[nH]5)cc4)c4c3C3CC(C)CC4N3)cc2[nH]1. The highest BCUT2D eigenvalue weighted by Gasteiger charge is 2.42. The van der Waals surface area contributed by atoms with E-state index in [0.29, 0.717) is 36.9 Å². The number of aromatic nitrogens is 4. The van der Waals surface area contributed by atoms with Crippen molar-refractivity contribution < 1.29 is 28.7 Å². The highest BCUT2D eigenvalue weighted by Crippen LogP contribution is 2.52. The van der Waals surface area contributed by atoms with E-state index in [-0.39, 0.29) is 47.8 Å². The average Bonchev–Trinajstić information content (AvgIpc) is 4.31. The number of carbonyl (C=O) groups excluding carboxylic acids is 4. The number of hydrogen-bond donors (Lipinski definition) is 5. The Morgan fingerprint density at radius 1 is 0.658 bits per heavy atom. The lowest BCUT2D eigenvalue weighted by molar-refractivity contribution is -0.135. The number of hydrogen-bond acceptors (Lipinski definition) is 9. The molecule has 76 heavy (non-hydrogen) atoms. The van der Waals surface area contributed by atoms with Crippen LogP contribution >= 0.6 is 0 Å². The second kappa shape index (κ2) is 21.5. The Morgan fingerprint density at radius 3 is 1.84 bits per heavy atom. The number of ether oxygens (including phenoxy) is 2. The molecule has 4 amide bonds. The fourth-order valence-electron chi connectivity index (χ4n) is 12.1. The van der Waals surface area contributed by atoms with Gasteiger partial charge in [-0.15, -0.1) is 0 Å². The van der Waals surface area contributed by atoms with E-state index in [1.54, 1.807) is 48.5 Å². The Morgan fingerprint density at radius 2 is 1.22 bits per heavy atom. The zero-order valence-electron chi connectivity index (χ0n) is 43.8. The fourth-order valence-corrected chi connectivity index (χ4v) is 12.1. The number of carbonyl (C=O) groups is 4. The highest BCUT2D eigenvalue weighted by atomic mass is 16.6. The Kier molecular flexibility index (Phi) is 14.2. The van der Waals surface area contributed by atoms with E-state index >= 15 is 0 Å². The van der Waals surface area contributed by atoms with Gasteiger partial charge in [-0.2, -0.15) is 0 Å². The molecule has 4 unspecified atom stereocenters. The van der Waals surface area contributed by atoms with E-state index in [2.05, 4.69) is 87.4 Å². The van der Waals surface area contributed by atoms with Crippen molar-refractivity contribution in [2.45, 2.75) is 116 Å². The second-order valence-corrected chi connectivity index (χ2v) is 21.9. The molecule has 4 aliphatic heterocycles. The molecule has 0 radical (unpaired) electrons. The van der Waals surface area contributed by atoms with Crippen molar-refractivity contribution in [1.82, 2.24) is 45.7 Å². The topological polar surface area (TPSA) is 187 Å². The van der Waals surface area contributed by atoms with Crippen molar-refractivity contribution in [3.8, 4) is 45.0 Å². The average molecular weight is 1020 g/mol. The summed E-state index contributed by atoms with van der Waals surface area (Å²) in [5, 5.41) is 9.70. The number of rotatable bonds is 14. The monoisotopic (exact) mass is 1020 g/mol. The molecular weight excluding hydrogens is 955 g/mol. The van der Waals surface area contributed by atoms with Crippen molar-refractivity contribution in [3.63, 3.8) is 0 Å². The summed E-state index contributed by atoms with van der Waals surface area (Å²) in [6, 6.07) is 35.9. The number of aromatic amines is 2. The lowest BCUT2D eigenvalue weighted by Crippen LogP contribution is -2.51. The van der Waals surface area contributed by atoms with Crippen LogP contribution in [-0.4, -0.2) is 78.9 Å². The molecule has 7 atom stereocenters. The Balaban J connectivity index is 0.811. The van der Waals surface area contributed by atoms with Crippen LogP contribution in [0, 0.1) is 17.8 Å². The molecule has 0 aliphatic carbocycles. The molecule has 5 aromatic carbocycles. The first kappa shape index (κ1) is 50.4. The quantitative estimate of drug-likeness (QED) is 0.0707. The van der Waals surface area contributed by atoms with Crippen molar-refractivity contribution >= 4 is 35.0 Å². The minimum Gasteiger partial charge on any atom is -0.410 e. The summed E-state index contributed by atoms with van der Waals surface area (Å²) in [5.74, 6) is 2.59. The van der Waals surface area contributed by atoms with Crippen LogP contribution in [0.3, 0.4) is 0 Å². The van der Waals surface area contributed by atoms with E-state index in [1.165, 1.54) is 22.3 Å². The van der Waals surface area contributed by atoms with E-state index < -0.39 is 24.3 Å². The molecular formula is C61H67N9O6. The number of imidazole rings is 2. The van der Waals surface area contributed by atoms with Gasteiger partial charge in [-0.25, -0.2) is 19.6 Å². The van der Waals surface area contributed by atoms with Gasteiger partial charge in [0.1, 0.15) is 35.2 Å². The molecule has 15 nitrogen and oxygen atoms in total. The zero-order chi connectivity index (χ0) is 52.6. The van der Waals surface area contributed by atoms with E-state index in [0.717, 1.165) is 83.6 Å². The molecule has 0 spiro atoms. The van der Waals surface area contributed by atoms with Gasteiger partial charge in [0.15, 0.2) is 0 Å². The second-order valence-electron chi connectivity index (χ2n) is 21.9. The first-order chi connectivity index (χ1) is 36.8. The van der Waals surface area contributed by atoms with Crippen molar-refractivity contribution in [2.75, 3.05) is 13.1 Å². The van der Waals surface area contributed by atoms with Crippen LogP contribution in [0.5, 0.6) is 11.5 Å². The van der Waals surface area contributed by atoms with Gasteiger partial charge in [-0.05, 0) is 138 Å². The molecule has 392 valence electrons. The standard InChI is InChI=1S/C61H67N9O6/c1-35(2)30-49(67-60(73)75-41-14-8-6-9-15-41)58(71)69-28-13-19-52(69)57-64-45-27-24-40(33-46(45)65-57)44-26-25-43(53-47-31-37(5)32-48(63-47)54(44)53)38-20-22-39(23-21-38)50-34-62-56(66-50)51-18-12-29-70(51)59(72)55(36(3)4)68-61(74)76-42-16-10-7-11-17-42/h6-11,14-17,20-27,33-37,47-49,51-52,55,63H,12-13,18-19,28-32H2,1-5H3,(H,62,66)(H,64,65)(H,67,73)(H,68,74)/t37?,47?,48?,49?,51-,52-,55-/m0/s1. The molecule has 5 N–H and O–H groups in total. The predicted octanol–water partition coefficient (Wildman–Crippen LogP) is 11.7. The Labute approximate surface area is 443 Å². The first-order valence-corrected chi connectivity index (χ1v) is 27.1. The minimum atomic E-state index is -0.756. The van der Waals surface area contributed by atoms with Crippen molar-refractivity contribution in [2.24, 2.45) is 17.8 Å². The number of fused-ring (bicyclic) bond motifs is 6. The number of amides is 4. The van der Waals surface area contributed by atoms with Gasteiger partial charge in [0.05, 0.1) is 35.0 Å². The molecule has 7 aromatic rings. The van der Waals surface area contributed by atoms with Gasteiger partial charge in [0.25, 0.3) is 0 Å². The van der Waals surface area contributed by atoms with Crippen molar-refractivity contribution in [3.05, 3.63) is 144 Å². The van der Waals surface area contributed by atoms with Crippen LogP contribution in [0.1, 0.15) is 127 Å². The summed E-state index contributed by atoms with van der Waals surface area (Å²) in [7, 11) is 0. The summed E-state index contributed by atoms with van der Waals surface area (Å²) in [5.41, 5.74) is 11.0. The predicted molar refractivity (Wildman–Crippen MR) is 292 cm³/mol. The zero-order valence-corrected chi connectivity index (χ0v) is 43.8. The van der Waals surface area contributed by atoms with Crippen LogP contribution < -0.4 is 25.4 Å². The normalized spacial score (nSPS) is 20.7. The molecule has 0 saturated carbocycles. The van der Waals surface area contributed by atoms with Gasteiger partial charge < -0.3 is 45.2 Å². The van der Waals surface area contributed by atoms with Gasteiger partial charge in [-0.3, -0.25) is 9.59 Å². The smallest absolute Gasteiger partial charge is 0.410 e. The Hall–Kier alpha value is -7.78. The summed E-state index contributed by atoms with van der Waals surface area (Å²) in [6.45, 7) is 11.4. The number of nitrogens with one attached hydrogen (secondary N) is 5. The lowest BCUT2D eigenvalue weighted by atomic mass is 9.86. The van der Waals surface area contributed by atoms with E-state index in [1.807, 2.05) is 55.8 Å². The molecule has 3 fully saturated rings. The number of para-hydroxylation sites is 2. The maximum atomic E-state index is 14.3. The maximum absolute atomic E-state index is 14.3. The molecule has 2 aromatic heterocycles. The third kappa shape index (κ3) is 10.3. The third-order valence-corrected chi connectivity index (χ3v) is 15.7. The molecule has 6 heterocycles. The molecule has 2 bridgehead atoms. The highest BCUT2D eigenvalue weighted by molar-refractivity contribution is 5.89. The van der Waals surface area contributed by atoms with E-state index in [9.17, 15) is 19.2 Å². The molecule has 15 heteroatoms. The molecule has 4 aliphatic rings. The van der Waals surface area contributed by atoms with Crippen LogP contribution in [0.15, 0.2) is 121 Å². The number of likely N-dealkylation sites (tertiary alicyclic amines) is 2. The Bertz CT molecular complexity index is 3240. The van der Waals surface area contributed by atoms with Crippen molar-refractivity contribution in [1.29, 1.82) is 0 Å². The van der Waals surface area contributed by atoms with Gasteiger partial charge in [-0.1, -0.05) is 113 Å². The lowest BCUT2D eigenvalue weighted by Gasteiger charge is -2.30. The third-order valence-electron chi connectivity index (χ3n) is 15.7. The summed E-state index contributed by atoms with van der Waals surface area (Å²) >= 11 is 0. The van der Waals surface area contributed by atoms with Crippen LogP contribution in [0.4, 0.5) is 9.59 Å². The molecule has 3 saturated heterocycles. The summed E-state index contributed by atoms with van der Waals surface area (Å²) in [4.78, 5) is 75.1. The number of nitrogens with zero attached hydrogens (tertiary/aromatic N) is 4. The maximum Gasteiger partial charge on any atom is 0.413 e. The minimum absolute atomic E-state index is 0.131.